The second-order valence-electron chi connectivity index (χ2n) is 2.68. The first-order chi connectivity index (χ1) is 5.91. The quantitative estimate of drug-likeness (QED) is 0.756. The van der Waals surface area contributed by atoms with Crippen LogP contribution in [0.25, 0.3) is 0 Å². The Morgan fingerprint density at radius 2 is 2.15 bits per heavy atom. The average molecular weight is 186 g/mol. The van der Waals surface area contributed by atoms with Crippen molar-refractivity contribution >= 4 is 5.91 Å². The van der Waals surface area contributed by atoms with Gasteiger partial charge in [-0.1, -0.05) is 0 Å². The molecule has 0 unspecified atom stereocenters. The Balaban J connectivity index is 3.01. The number of amides is 1. The molecule has 0 aromatic carbocycles. The van der Waals surface area contributed by atoms with Crippen molar-refractivity contribution in [1.82, 2.24) is 4.98 Å². The molecular formula is C8H8F2N2O. The minimum atomic E-state index is -2.99. The molecule has 0 fully saturated rings. The van der Waals surface area contributed by atoms with Crippen LogP contribution < -0.4 is 5.73 Å². The maximum Gasteiger partial charge on any atom is 0.286 e. The average Bonchev–Trinajstić information content (AvgIpc) is 2.03. The molecule has 3 nitrogen and oxygen atoms in total. The lowest BCUT2D eigenvalue weighted by Gasteiger charge is -2.08. The summed E-state index contributed by atoms with van der Waals surface area (Å²) < 4.78 is 25.2. The number of hydrogen-bond donors (Lipinski definition) is 1. The molecule has 5 heteroatoms. The molecule has 0 aliphatic heterocycles. The number of nitrogens with zero attached hydrogens (tertiary/aromatic N) is 1. The molecule has 0 spiro atoms. The first kappa shape index (κ1) is 9.57. The summed E-state index contributed by atoms with van der Waals surface area (Å²) in [5.74, 6) is -3.67. The van der Waals surface area contributed by atoms with Crippen molar-refractivity contribution in [3.05, 3.63) is 29.6 Å². The number of carbonyl (C=O) groups excluding carboxylic acids is 1. The summed E-state index contributed by atoms with van der Waals surface area (Å²) in [5.41, 5.74) is 4.65. The third-order valence-electron chi connectivity index (χ3n) is 1.50. The van der Waals surface area contributed by atoms with E-state index in [-0.39, 0.29) is 11.3 Å². The van der Waals surface area contributed by atoms with Gasteiger partial charge < -0.3 is 5.73 Å². The second-order valence-corrected chi connectivity index (χ2v) is 2.68. The highest BCUT2D eigenvalue weighted by Crippen LogP contribution is 2.24. The summed E-state index contributed by atoms with van der Waals surface area (Å²) >= 11 is 0. The zero-order chi connectivity index (χ0) is 10.1. The normalized spacial score (nSPS) is 11.3. The fourth-order valence-electron chi connectivity index (χ4n) is 0.799. The van der Waals surface area contributed by atoms with Gasteiger partial charge in [-0.15, -0.1) is 0 Å². The summed E-state index contributed by atoms with van der Waals surface area (Å²) in [5, 5.41) is 0. The van der Waals surface area contributed by atoms with E-state index in [9.17, 15) is 13.6 Å². The van der Waals surface area contributed by atoms with Gasteiger partial charge in [-0.05, 0) is 12.1 Å². The Morgan fingerprint density at radius 3 is 2.46 bits per heavy atom. The van der Waals surface area contributed by atoms with Crippen LogP contribution in [-0.2, 0) is 5.92 Å². The summed E-state index contributed by atoms with van der Waals surface area (Å²) in [6.45, 7) is 0.735. The third-order valence-corrected chi connectivity index (χ3v) is 1.50. The van der Waals surface area contributed by atoms with Crippen LogP contribution in [0.2, 0.25) is 0 Å². The van der Waals surface area contributed by atoms with Gasteiger partial charge in [-0.3, -0.25) is 9.78 Å². The molecule has 0 saturated heterocycles. The van der Waals surface area contributed by atoms with Crippen LogP contribution in [-0.4, -0.2) is 10.9 Å². The number of hydrogen-bond acceptors (Lipinski definition) is 2. The van der Waals surface area contributed by atoms with Crippen LogP contribution >= 0.6 is 0 Å². The Morgan fingerprint density at radius 1 is 1.54 bits per heavy atom. The molecule has 0 bridgehead atoms. The van der Waals surface area contributed by atoms with Crippen LogP contribution in [0.5, 0.6) is 0 Å². The first-order valence-corrected chi connectivity index (χ1v) is 3.55. The number of alkyl halides is 2. The number of nitrogens with two attached hydrogens (primary N) is 1. The predicted octanol–water partition coefficient (Wildman–Crippen LogP) is 1.29. The van der Waals surface area contributed by atoms with Gasteiger partial charge in [-0.2, -0.15) is 8.78 Å². The van der Waals surface area contributed by atoms with E-state index in [1.807, 2.05) is 0 Å². The van der Waals surface area contributed by atoms with E-state index in [1.165, 1.54) is 6.07 Å². The monoisotopic (exact) mass is 186 g/mol. The summed E-state index contributed by atoms with van der Waals surface area (Å²) in [6.07, 6.45) is 1.04. The Bertz CT molecular complexity index is 316. The van der Waals surface area contributed by atoms with E-state index in [1.54, 1.807) is 0 Å². The highest BCUT2D eigenvalue weighted by molar-refractivity contribution is 5.92. The largest absolute Gasteiger partial charge is 0.366 e. The molecule has 2 N–H and O–H groups in total. The molecule has 1 aromatic rings. The highest BCUT2D eigenvalue weighted by Gasteiger charge is 2.25. The molecule has 1 aromatic heterocycles. The minimum Gasteiger partial charge on any atom is -0.366 e. The maximum atomic E-state index is 12.6. The van der Waals surface area contributed by atoms with E-state index >= 15 is 0 Å². The molecule has 13 heavy (non-hydrogen) atoms. The highest BCUT2D eigenvalue weighted by atomic mass is 19.3. The van der Waals surface area contributed by atoms with Crippen LogP contribution in [0.3, 0.4) is 0 Å². The Labute approximate surface area is 73.6 Å². The molecule has 1 rings (SSSR count). The minimum absolute atomic E-state index is 0.119. The Hall–Kier alpha value is -1.52. The van der Waals surface area contributed by atoms with Crippen molar-refractivity contribution in [2.24, 2.45) is 5.73 Å². The summed E-state index contributed by atoms with van der Waals surface area (Å²) in [7, 11) is 0. The SMILES string of the molecule is CC(F)(F)c1ccc(C(N)=O)cn1. The number of halogens is 2. The molecular weight excluding hydrogens is 178 g/mol. The lowest BCUT2D eigenvalue weighted by atomic mass is 10.2. The predicted molar refractivity (Wildman–Crippen MR) is 42.3 cm³/mol. The molecule has 70 valence electrons. The fourth-order valence-corrected chi connectivity index (χ4v) is 0.799. The van der Waals surface area contributed by atoms with Gasteiger partial charge in [-0.25, -0.2) is 0 Å². The number of aromatic nitrogens is 1. The van der Waals surface area contributed by atoms with E-state index in [0.717, 1.165) is 19.2 Å². The van der Waals surface area contributed by atoms with Gasteiger partial charge in [0.25, 0.3) is 5.92 Å². The number of pyridine rings is 1. The summed E-state index contributed by atoms with van der Waals surface area (Å²) in [4.78, 5) is 14.0. The van der Waals surface area contributed by atoms with Gasteiger partial charge in [0, 0.05) is 13.1 Å². The van der Waals surface area contributed by atoms with Crippen molar-refractivity contribution < 1.29 is 13.6 Å². The van der Waals surface area contributed by atoms with E-state index in [0.29, 0.717) is 0 Å². The molecule has 1 heterocycles. The molecule has 0 radical (unpaired) electrons. The molecule has 0 saturated carbocycles. The zero-order valence-corrected chi connectivity index (χ0v) is 6.92. The van der Waals surface area contributed by atoms with Crippen molar-refractivity contribution in [2.45, 2.75) is 12.8 Å². The standard InChI is InChI=1S/C8H8F2N2O/c1-8(9,10)6-3-2-5(4-12-6)7(11)13/h2-4H,1H3,(H2,11,13). The van der Waals surface area contributed by atoms with E-state index < -0.39 is 11.8 Å². The molecule has 1 amide bonds. The summed E-state index contributed by atoms with van der Waals surface area (Å²) in [6, 6.07) is 2.31. The number of carbonyl (C=O) groups is 1. The number of rotatable bonds is 2. The molecule has 0 aliphatic rings. The zero-order valence-electron chi connectivity index (χ0n) is 6.92. The van der Waals surface area contributed by atoms with Gasteiger partial charge >= 0.3 is 0 Å². The topological polar surface area (TPSA) is 56.0 Å². The van der Waals surface area contributed by atoms with Crippen LogP contribution in [0.1, 0.15) is 23.0 Å². The fraction of sp³-hybridized carbons (Fsp3) is 0.250. The van der Waals surface area contributed by atoms with Crippen molar-refractivity contribution in [3.63, 3.8) is 0 Å². The smallest absolute Gasteiger partial charge is 0.286 e. The van der Waals surface area contributed by atoms with Crippen LogP contribution in [0.4, 0.5) is 8.78 Å². The number of primary amides is 1. The molecule has 0 aliphatic carbocycles. The van der Waals surface area contributed by atoms with Gasteiger partial charge in [0.1, 0.15) is 5.69 Å². The van der Waals surface area contributed by atoms with Crippen LogP contribution in [0, 0.1) is 0 Å². The van der Waals surface area contributed by atoms with Gasteiger partial charge in [0.05, 0.1) is 5.56 Å². The van der Waals surface area contributed by atoms with Crippen molar-refractivity contribution in [1.29, 1.82) is 0 Å². The van der Waals surface area contributed by atoms with Gasteiger partial charge in [0.2, 0.25) is 5.91 Å². The van der Waals surface area contributed by atoms with Crippen molar-refractivity contribution in [2.75, 3.05) is 0 Å². The van der Waals surface area contributed by atoms with E-state index in [4.69, 9.17) is 5.73 Å². The Kier molecular flexibility index (Phi) is 2.27. The first-order valence-electron chi connectivity index (χ1n) is 3.55. The lowest BCUT2D eigenvalue weighted by Crippen LogP contribution is -2.14. The van der Waals surface area contributed by atoms with Crippen molar-refractivity contribution in [3.8, 4) is 0 Å². The van der Waals surface area contributed by atoms with Crippen LogP contribution in [0.15, 0.2) is 18.3 Å². The van der Waals surface area contributed by atoms with Gasteiger partial charge in [0.15, 0.2) is 0 Å². The second kappa shape index (κ2) is 3.08. The van der Waals surface area contributed by atoms with E-state index in [2.05, 4.69) is 4.98 Å². The lowest BCUT2D eigenvalue weighted by molar-refractivity contribution is 0.0127. The third kappa shape index (κ3) is 2.21. The maximum absolute atomic E-state index is 12.6. The molecule has 0 atom stereocenters.